The van der Waals surface area contributed by atoms with Crippen molar-refractivity contribution in [3.63, 3.8) is 0 Å². The molecular weight excluding hydrogens is 300 g/mol. The van der Waals surface area contributed by atoms with Crippen LogP contribution in [0.4, 0.5) is 5.82 Å². The van der Waals surface area contributed by atoms with Crippen molar-refractivity contribution in [2.24, 2.45) is 0 Å². The molecule has 1 N–H and O–H groups in total. The maximum atomic E-state index is 6.14. The second-order valence-electron chi connectivity index (χ2n) is 6.68. The monoisotopic (exact) mass is 322 g/mol. The summed E-state index contributed by atoms with van der Waals surface area (Å²) in [6.45, 7) is 4.11. The highest BCUT2D eigenvalue weighted by Gasteiger charge is 2.29. The Morgan fingerprint density at radius 1 is 1.14 bits per heavy atom. The number of ether oxygens (including phenoxy) is 1. The van der Waals surface area contributed by atoms with E-state index in [-0.39, 0.29) is 0 Å². The maximum Gasteiger partial charge on any atom is 0.135 e. The number of hydrogen-bond donors (Lipinski definition) is 1. The molecule has 1 saturated carbocycles. The van der Waals surface area contributed by atoms with Gasteiger partial charge in [0.25, 0.3) is 0 Å². The molecule has 6 heteroatoms. The van der Waals surface area contributed by atoms with Gasteiger partial charge in [0.05, 0.1) is 6.61 Å². The van der Waals surface area contributed by atoms with Gasteiger partial charge in [0.15, 0.2) is 0 Å². The third-order valence-electron chi connectivity index (χ3n) is 4.96. The van der Waals surface area contributed by atoms with E-state index in [0.29, 0.717) is 23.2 Å². The van der Waals surface area contributed by atoms with Crippen molar-refractivity contribution < 1.29 is 4.74 Å². The molecule has 120 valence electrons. The van der Waals surface area contributed by atoms with E-state index >= 15 is 0 Å². The van der Waals surface area contributed by atoms with Crippen LogP contribution < -0.4 is 5.32 Å². The van der Waals surface area contributed by atoms with Crippen LogP contribution in [0, 0.1) is 0 Å². The average molecular weight is 323 g/mol. The van der Waals surface area contributed by atoms with Gasteiger partial charge in [-0.2, -0.15) is 0 Å². The highest BCUT2D eigenvalue weighted by molar-refractivity contribution is 6.29. The van der Waals surface area contributed by atoms with Crippen LogP contribution in [0.3, 0.4) is 0 Å². The molecule has 2 aliphatic heterocycles. The van der Waals surface area contributed by atoms with E-state index in [1.165, 1.54) is 19.3 Å². The molecule has 0 bridgehead atoms. The summed E-state index contributed by atoms with van der Waals surface area (Å²) in [4.78, 5) is 11.6. The van der Waals surface area contributed by atoms with Crippen molar-refractivity contribution in [2.75, 3.05) is 31.6 Å². The number of hydrogen-bond acceptors (Lipinski definition) is 5. The second-order valence-corrected chi connectivity index (χ2v) is 7.07. The summed E-state index contributed by atoms with van der Waals surface area (Å²) in [7, 11) is 0. The van der Waals surface area contributed by atoms with Crippen molar-refractivity contribution in [1.29, 1.82) is 0 Å². The van der Waals surface area contributed by atoms with Gasteiger partial charge in [-0.05, 0) is 32.1 Å². The van der Waals surface area contributed by atoms with Gasteiger partial charge >= 0.3 is 0 Å². The van der Waals surface area contributed by atoms with E-state index in [9.17, 15) is 0 Å². The summed E-state index contributed by atoms with van der Waals surface area (Å²) >= 11 is 6.14. The first-order chi connectivity index (χ1) is 10.8. The number of nitrogens with one attached hydrogen (secondary N) is 1. The minimum Gasteiger partial charge on any atom is -0.380 e. The van der Waals surface area contributed by atoms with Crippen LogP contribution in [-0.4, -0.2) is 53.3 Å². The van der Waals surface area contributed by atoms with E-state index < -0.39 is 0 Å². The highest BCUT2D eigenvalue weighted by atomic mass is 35.5. The molecule has 3 fully saturated rings. The first-order valence-corrected chi connectivity index (χ1v) is 8.78. The van der Waals surface area contributed by atoms with Crippen LogP contribution in [0.1, 0.15) is 43.8 Å². The van der Waals surface area contributed by atoms with Gasteiger partial charge in [0.2, 0.25) is 0 Å². The molecule has 0 spiro atoms. The zero-order valence-electron chi connectivity index (χ0n) is 12.8. The lowest BCUT2D eigenvalue weighted by Crippen LogP contribution is -2.45. The van der Waals surface area contributed by atoms with Crippen LogP contribution in [-0.2, 0) is 4.74 Å². The Morgan fingerprint density at radius 2 is 1.95 bits per heavy atom. The summed E-state index contributed by atoms with van der Waals surface area (Å²) in [5.74, 6) is 2.34. The SMILES string of the molecule is Clc1cc(NC2CCN(C3CCOC3)CC2)nc(C2CC2)n1. The Morgan fingerprint density at radius 3 is 2.64 bits per heavy atom. The maximum absolute atomic E-state index is 6.14. The van der Waals surface area contributed by atoms with Crippen LogP contribution in [0.2, 0.25) is 5.15 Å². The second kappa shape index (κ2) is 6.30. The summed E-state index contributed by atoms with van der Waals surface area (Å²) in [6.07, 6.45) is 5.88. The molecular formula is C16H23ClN4O. The Bertz CT molecular complexity index is 523. The molecule has 1 aromatic rings. The Balaban J connectivity index is 1.34. The van der Waals surface area contributed by atoms with E-state index in [1.807, 2.05) is 6.07 Å². The van der Waals surface area contributed by atoms with Crippen molar-refractivity contribution in [3.05, 3.63) is 17.0 Å². The predicted molar refractivity (Wildman–Crippen MR) is 86.5 cm³/mol. The Hall–Kier alpha value is -0.910. The van der Waals surface area contributed by atoms with Crippen LogP contribution in [0.25, 0.3) is 0 Å². The number of piperidine rings is 1. The number of rotatable bonds is 4. The summed E-state index contributed by atoms with van der Waals surface area (Å²) in [5.41, 5.74) is 0. The molecule has 1 unspecified atom stereocenters. The van der Waals surface area contributed by atoms with Gasteiger partial charge in [0.1, 0.15) is 16.8 Å². The number of anilines is 1. The molecule has 22 heavy (non-hydrogen) atoms. The van der Waals surface area contributed by atoms with Crippen molar-refractivity contribution in [3.8, 4) is 0 Å². The largest absolute Gasteiger partial charge is 0.380 e. The lowest BCUT2D eigenvalue weighted by molar-refractivity contribution is 0.124. The molecule has 4 rings (SSSR count). The highest BCUT2D eigenvalue weighted by Crippen LogP contribution is 2.38. The topological polar surface area (TPSA) is 50.3 Å². The van der Waals surface area contributed by atoms with Gasteiger partial charge in [-0.1, -0.05) is 11.6 Å². The Kier molecular flexibility index (Phi) is 4.20. The molecule has 3 aliphatic rings. The lowest BCUT2D eigenvalue weighted by Gasteiger charge is -2.35. The minimum atomic E-state index is 0.483. The molecule has 3 heterocycles. The summed E-state index contributed by atoms with van der Waals surface area (Å²) < 4.78 is 5.50. The van der Waals surface area contributed by atoms with Gasteiger partial charge in [0, 0.05) is 43.8 Å². The average Bonchev–Trinajstić information content (AvgIpc) is 3.23. The van der Waals surface area contributed by atoms with E-state index in [0.717, 1.165) is 50.8 Å². The van der Waals surface area contributed by atoms with Crippen LogP contribution in [0.5, 0.6) is 0 Å². The standard InChI is InChI=1S/C16H23ClN4O/c17-14-9-15(20-16(19-14)11-1-2-11)18-12-3-6-21(7-4-12)13-5-8-22-10-13/h9,11-13H,1-8,10H2,(H,18,19,20). The fraction of sp³-hybridized carbons (Fsp3) is 0.750. The van der Waals surface area contributed by atoms with Gasteiger partial charge in [-0.3, -0.25) is 4.90 Å². The number of aromatic nitrogens is 2. The third kappa shape index (κ3) is 3.36. The molecule has 0 radical (unpaired) electrons. The Labute approximate surface area is 136 Å². The van der Waals surface area contributed by atoms with Gasteiger partial charge in [-0.15, -0.1) is 0 Å². The van der Waals surface area contributed by atoms with Gasteiger partial charge in [-0.25, -0.2) is 9.97 Å². The fourth-order valence-electron chi connectivity index (χ4n) is 3.46. The first-order valence-electron chi connectivity index (χ1n) is 8.41. The third-order valence-corrected chi connectivity index (χ3v) is 5.15. The molecule has 1 atom stereocenters. The molecule has 0 aromatic carbocycles. The zero-order valence-corrected chi connectivity index (χ0v) is 13.6. The molecule has 1 aromatic heterocycles. The predicted octanol–water partition coefficient (Wildman–Crippen LogP) is 2.67. The molecule has 2 saturated heterocycles. The summed E-state index contributed by atoms with van der Waals surface area (Å²) in [6, 6.07) is 2.97. The van der Waals surface area contributed by atoms with E-state index in [2.05, 4.69) is 20.2 Å². The van der Waals surface area contributed by atoms with Crippen LogP contribution >= 0.6 is 11.6 Å². The lowest BCUT2D eigenvalue weighted by atomic mass is 10.0. The first kappa shape index (κ1) is 14.7. The van der Waals surface area contributed by atoms with Crippen molar-refractivity contribution >= 4 is 17.4 Å². The number of likely N-dealkylation sites (tertiary alicyclic amines) is 1. The normalized spacial score (nSPS) is 27.2. The van der Waals surface area contributed by atoms with Crippen LogP contribution in [0.15, 0.2) is 6.07 Å². The smallest absolute Gasteiger partial charge is 0.135 e. The number of halogens is 1. The van der Waals surface area contributed by atoms with E-state index in [1.54, 1.807) is 0 Å². The molecule has 5 nitrogen and oxygen atoms in total. The molecule has 1 aliphatic carbocycles. The minimum absolute atomic E-state index is 0.483. The summed E-state index contributed by atoms with van der Waals surface area (Å²) in [5, 5.41) is 4.12. The van der Waals surface area contributed by atoms with Gasteiger partial charge < -0.3 is 10.1 Å². The number of nitrogens with zero attached hydrogens (tertiary/aromatic N) is 3. The van der Waals surface area contributed by atoms with Crippen molar-refractivity contribution in [2.45, 2.75) is 50.1 Å². The zero-order chi connectivity index (χ0) is 14.9. The fourth-order valence-corrected chi connectivity index (χ4v) is 3.65. The quantitative estimate of drug-likeness (QED) is 0.864. The molecule has 0 amide bonds. The van der Waals surface area contributed by atoms with Crippen molar-refractivity contribution in [1.82, 2.24) is 14.9 Å². The van der Waals surface area contributed by atoms with E-state index in [4.69, 9.17) is 16.3 Å².